The molecular formula is C15H11BrN2O2S. The lowest BCUT2D eigenvalue weighted by Crippen LogP contribution is -1.97. The third kappa shape index (κ3) is 2.96. The van der Waals surface area contributed by atoms with Crippen molar-refractivity contribution >= 4 is 44.7 Å². The molecule has 2 N–H and O–H groups in total. The molecule has 0 saturated carbocycles. The minimum atomic E-state index is -0.947. The van der Waals surface area contributed by atoms with E-state index in [1.165, 1.54) is 17.3 Å². The van der Waals surface area contributed by atoms with Gasteiger partial charge in [-0.3, -0.25) is 0 Å². The summed E-state index contributed by atoms with van der Waals surface area (Å²) in [6.07, 6.45) is 0. The maximum absolute atomic E-state index is 11.0. The molecule has 0 aliphatic heterocycles. The van der Waals surface area contributed by atoms with Crippen LogP contribution in [0.3, 0.4) is 0 Å². The van der Waals surface area contributed by atoms with Gasteiger partial charge in [0.2, 0.25) is 0 Å². The average molecular weight is 363 g/mol. The highest BCUT2D eigenvalue weighted by atomic mass is 79.9. The van der Waals surface area contributed by atoms with Gasteiger partial charge in [0.1, 0.15) is 0 Å². The van der Waals surface area contributed by atoms with Gasteiger partial charge in [-0.1, -0.05) is 17.8 Å². The van der Waals surface area contributed by atoms with Crippen LogP contribution < -0.4 is 0 Å². The molecule has 1 aromatic heterocycles. The fourth-order valence-electron chi connectivity index (χ4n) is 1.99. The highest BCUT2D eigenvalue weighted by Crippen LogP contribution is 2.30. The molecule has 3 aromatic rings. The molecule has 0 atom stereocenters. The van der Waals surface area contributed by atoms with E-state index in [2.05, 4.69) is 32.0 Å². The lowest BCUT2D eigenvalue weighted by Gasteiger charge is -2.02. The quantitative estimate of drug-likeness (QED) is 0.720. The third-order valence-electron chi connectivity index (χ3n) is 3.00. The molecular weight excluding hydrogens is 352 g/mol. The Labute approximate surface area is 133 Å². The van der Waals surface area contributed by atoms with Crippen LogP contribution in [0.1, 0.15) is 15.9 Å². The van der Waals surface area contributed by atoms with E-state index < -0.39 is 5.97 Å². The molecule has 1 heterocycles. The second-order valence-corrected chi connectivity index (χ2v) is 6.53. The van der Waals surface area contributed by atoms with Crippen molar-refractivity contribution in [1.82, 2.24) is 9.97 Å². The van der Waals surface area contributed by atoms with Crippen LogP contribution in [0.15, 0.2) is 50.9 Å². The number of imidazole rings is 1. The monoisotopic (exact) mass is 362 g/mol. The summed E-state index contributed by atoms with van der Waals surface area (Å²) in [6.45, 7) is 2.04. The number of aromatic carboxylic acids is 1. The Morgan fingerprint density at radius 2 is 2.10 bits per heavy atom. The topological polar surface area (TPSA) is 66.0 Å². The molecule has 6 heteroatoms. The first kappa shape index (κ1) is 14.2. The standard InChI is InChI=1S/C15H11BrN2O2S/c1-8-2-5-12-13(6-8)18-15(17-12)21-9-3-4-10(14(19)20)11(16)7-9/h2-7H,1H3,(H,17,18)(H,19,20). The van der Waals surface area contributed by atoms with Crippen molar-refractivity contribution in [3.63, 3.8) is 0 Å². The normalized spacial score (nSPS) is 11.0. The largest absolute Gasteiger partial charge is 0.478 e. The van der Waals surface area contributed by atoms with Gasteiger partial charge in [0.05, 0.1) is 16.6 Å². The highest BCUT2D eigenvalue weighted by molar-refractivity contribution is 9.10. The van der Waals surface area contributed by atoms with E-state index in [-0.39, 0.29) is 5.56 Å². The van der Waals surface area contributed by atoms with Gasteiger partial charge in [-0.2, -0.15) is 0 Å². The van der Waals surface area contributed by atoms with Crippen LogP contribution >= 0.6 is 27.7 Å². The van der Waals surface area contributed by atoms with Crippen molar-refractivity contribution in [3.05, 3.63) is 52.0 Å². The number of aryl methyl sites for hydroxylation is 1. The Bertz CT molecular complexity index is 845. The fraction of sp³-hybridized carbons (Fsp3) is 0.0667. The Kier molecular flexibility index (Phi) is 3.73. The van der Waals surface area contributed by atoms with E-state index in [4.69, 9.17) is 5.11 Å². The number of rotatable bonds is 3. The van der Waals surface area contributed by atoms with Crippen molar-refractivity contribution < 1.29 is 9.90 Å². The van der Waals surface area contributed by atoms with Gasteiger partial charge in [-0.25, -0.2) is 9.78 Å². The molecule has 3 rings (SSSR count). The van der Waals surface area contributed by atoms with E-state index in [9.17, 15) is 4.79 Å². The summed E-state index contributed by atoms with van der Waals surface area (Å²) in [5, 5.41) is 9.80. The van der Waals surface area contributed by atoms with Gasteiger partial charge in [-0.05, 0) is 58.7 Å². The van der Waals surface area contributed by atoms with Gasteiger partial charge in [0.15, 0.2) is 5.16 Å². The van der Waals surface area contributed by atoms with Gasteiger partial charge in [0.25, 0.3) is 0 Å². The zero-order valence-corrected chi connectivity index (χ0v) is 13.5. The number of H-pyrrole nitrogens is 1. The van der Waals surface area contributed by atoms with Gasteiger partial charge in [-0.15, -0.1) is 0 Å². The van der Waals surface area contributed by atoms with Crippen LogP contribution in [-0.2, 0) is 0 Å². The SMILES string of the molecule is Cc1ccc2nc(Sc3ccc(C(=O)O)c(Br)c3)[nH]c2c1. The van der Waals surface area contributed by atoms with Crippen molar-refractivity contribution in [1.29, 1.82) is 0 Å². The van der Waals surface area contributed by atoms with Crippen molar-refractivity contribution in [2.24, 2.45) is 0 Å². The number of hydrogen-bond acceptors (Lipinski definition) is 3. The minimum Gasteiger partial charge on any atom is -0.478 e. The molecule has 0 spiro atoms. The van der Waals surface area contributed by atoms with E-state index in [1.54, 1.807) is 18.2 Å². The highest BCUT2D eigenvalue weighted by Gasteiger charge is 2.10. The number of aromatic nitrogens is 2. The average Bonchev–Trinajstić information content (AvgIpc) is 2.79. The van der Waals surface area contributed by atoms with E-state index >= 15 is 0 Å². The van der Waals surface area contributed by atoms with Crippen LogP contribution in [0.25, 0.3) is 11.0 Å². The Balaban J connectivity index is 1.91. The lowest BCUT2D eigenvalue weighted by atomic mass is 10.2. The lowest BCUT2D eigenvalue weighted by molar-refractivity contribution is 0.0696. The summed E-state index contributed by atoms with van der Waals surface area (Å²) in [5.41, 5.74) is 3.35. The van der Waals surface area contributed by atoms with Crippen LogP contribution in [0.2, 0.25) is 0 Å². The molecule has 0 radical (unpaired) electrons. The van der Waals surface area contributed by atoms with Crippen LogP contribution in [0.4, 0.5) is 0 Å². The summed E-state index contributed by atoms with van der Waals surface area (Å²) in [4.78, 5) is 19.7. The minimum absolute atomic E-state index is 0.250. The van der Waals surface area contributed by atoms with Gasteiger partial charge in [0, 0.05) is 9.37 Å². The summed E-state index contributed by atoms with van der Waals surface area (Å²) in [5.74, 6) is -0.947. The number of halogens is 1. The summed E-state index contributed by atoms with van der Waals surface area (Å²) < 4.78 is 0.562. The number of hydrogen-bond donors (Lipinski definition) is 2. The van der Waals surface area contributed by atoms with E-state index in [0.29, 0.717) is 4.47 Å². The number of carboxylic acids is 1. The summed E-state index contributed by atoms with van der Waals surface area (Å²) >= 11 is 4.74. The predicted molar refractivity (Wildman–Crippen MR) is 86.1 cm³/mol. The molecule has 0 amide bonds. The maximum atomic E-state index is 11.0. The molecule has 0 saturated heterocycles. The molecule has 4 nitrogen and oxygen atoms in total. The first-order chi connectivity index (χ1) is 10.0. The number of nitrogens with one attached hydrogen (secondary N) is 1. The second kappa shape index (κ2) is 5.54. The van der Waals surface area contributed by atoms with Crippen LogP contribution in [-0.4, -0.2) is 21.0 Å². The van der Waals surface area contributed by atoms with Crippen molar-refractivity contribution in [2.75, 3.05) is 0 Å². The molecule has 0 bridgehead atoms. The van der Waals surface area contributed by atoms with Gasteiger partial charge < -0.3 is 10.1 Å². The molecule has 0 aliphatic carbocycles. The number of aromatic amines is 1. The third-order valence-corrected chi connectivity index (χ3v) is 4.53. The molecule has 2 aromatic carbocycles. The first-order valence-electron chi connectivity index (χ1n) is 6.20. The van der Waals surface area contributed by atoms with Crippen LogP contribution in [0, 0.1) is 6.92 Å². The van der Waals surface area contributed by atoms with Gasteiger partial charge >= 0.3 is 5.97 Å². The molecule has 0 aliphatic rings. The smallest absolute Gasteiger partial charge is 0.336 e. The summed E-state index contributed by atoms with van der Waals surface area (Å²) in [7, 11) is 0. The van der Waals surface area contributed by atoms with E-state index in [0.717, 1.165) is 21.1 Å². The van der Waals surface area contributed by atoms with Crippen LogP contribution in [0.5, 0.6) is 0 Å². The maximum Gasteiger partial charge on any atom is 0.336 e. The number of carbonyl (C=O) groups is 1. The van der Waals surface area contributed by atoms with Crippen molar-refractivity contribution in [2.45, 2.75) is 17.0 Å². The number of benzene rings is 2. The predicted octanol–water partition coefficient (Wildman–Crippen LogP) is 4.48. The zero-order valence-electron chi connectivity index (χ0n) is 11.1. The molecule has 0 unspecified atom stereocenters. The molecule has 0 fully saturated rings. The zero-order chi connectivity index (χ0) is 15.0. The Morgan fingerprint density at radius 3 is 2.81 bits per heavy atom. The number of nitrogens with zero attached hydrogens (tertiary/aromatic N) is 1. The molecule has 21 heavy (non-hydrogen) atoms. The number of fused-ring (bicyclic) bond motifs is 1. The second-order valence-electron chi connectivity index (χ2n) is 4.61. The van der Waals surface area contributed by atoms with E-state index in [1.807, 2.05) is 19.1 Å². The number of carboxylic acid groups (broad SMARTS) is 1. The first-order valence-corrected chi connectivity index (χ1v) is 7.81. The summed E-state index contributed by atoms with van der Waals surface area (Å²) in [6, 6.07) is 11.2. The van der Waals surface area contributed by atoms with Crippen molar-refractivity contribution in [3.8, 4) is 0 Å². The Hall–Kier alpha value is -1.79. The fourth-order valence-corrected chi connectivity index (χ4v) is 3.53. The molecule has 106 valence electrons. The Morgan fingerprint density at radius 1 is 1.29 bits per heavy atom.